The zero-order chi connectivity index (χ0) is 26.7. The van der Waals surface area contributed by atoms with Gasteiger partial charge in [0.2, 0.25) is 18.4 Å². The van der Waals surface area contributed by atoms with Crippen LogP contribution < -0.4 is 52.2 Å². The highest BCUT2D eigenvalue weighted by molar-refractivity contribution is 6.00. The van der Waals surface area contributed by atoms with E-state index in [2.05, 4.69) is 16.8 Å². The highest BCUT2D eigenvalue weighted by atomic mass is 127. The van der Waals surface area contributed by atoms with Crippen LogP contribution in [0.4, 0.5) is 0 Å². The van der Waals surface area contributed by atoms with Crippen LogP contribution in [0.15, 0.2) is 60.9 Å². The summed E-state index contributed by atoms with van der Waals surface area (Å²) in [5.74, 6) is 3.50. The van der Waals surface area contributed by atoms with Crippen molar-refractivity contribution in [3.05, 3.63) is 72.1 Å². The number of ether oxygens (including phenoxy) is 5. The van der Waals surface area contributed by atoms with Crippen LogP contribution >= 0.6 is 0 Å². The Hall–Kier alpha value is -3.99. The first-order valence-electron chi connectivity index (χ1n) is 12.8. The van der Waals surface area contributed by atoms with Gasteiger partial charge in [-0.1, -0.05) is 0 Å². The monoisotopic (exact) mass is 650 g/mol. The Morgan fingerprint density at radius 1 is 0.950 bits per heavy atom. The Morgan fingerprint density at radius 3 is 2.55 bits per heavy atom. The van der Waals surface area contributed by atoms with Crippen LogP contribution in [-0.2, 0) is 19.4 Å². The van der Waals surface area contributed by atoms with Gasteiger partial charge in [-0.25, -0.2) is 0 Å². The average Bonchev–Trinajstić information content (AvgIpc) is 3.61. The third-order valence-corrected chi connectivity index (χ3v) is 7.74. The van der Waals surface area contributed by atoms with Crippen LogP contribution in [0.5, 0.6) is 28.7 Å². The molecule has 0 atom stereocenters. The van der Waals surface area contributed by atoms with Gasteiger partial charge in [-0.05, 0) is 54.1 Å². The highest BCUT2D eigenvalue weighted by Crippen LogP contribution is 2.43. The fourth-order valence-electron chi connectivity index (χ4n) is 5.89. The van der Waals surface area contributed by atoms with E-state index < -0.39 is 0 Å². The van der Waals surface area contributed by atoms with Crippen molar-refractivity contribution >= 4 is 27.6 Å². The first-order valence-corrected chi connectivity index (χ1v) is 12.8. The molecule has 204 valence electrons. The average molecular weight is 650 g/mol. The summed E-state index contributed by atoms with van der Waals surface area (Å²) in [6, 6.07) is 15.7. The van der Waals surface area contributed by atoms with Crippen LogP contribution in [0.2, 0.25) is 0 Å². The van der Waals surface area contributed by atoms with Gasteiger partial charge in [0.1, 0.15) is 5.75 Å². The summed E-state index contributed by atoms with van der Waals surface area (Å²) in [4.78, 5) is 14.0. The number of hydrogen-bond donors (Lipinski definition) is 0. The molecule has 0 bridgehead atoms. The molecule has 0 unspecified atom stereocenters. The maximum atomic E-state index is 14.0. The zero-order valence-electron chi connectivity index (χ0n) is 22.3. The van der Waals surface area contributed by atoms with E-state index in [0.717, 1.165) is 68.7 Å². The Labute approximate surface area is 248 Å². The standard InChI is InChI=1S/C31H27N2O6.HI/c1-35-20-4-6-25-19(12-20)9-11-33(25)29(34)15-23-21-5-7-26(36-2)31(37-3)24(21)16-32-10-8-18-13-27-28(39-17-38-27)14-22(18)30(23)32;/h4-7,9,11-14,16H,8,10,15,17H2,1-3H3;1H/q+1;/p-1. The van der Waals surface area contributed by atoms with Crippen molar-refractivity contribution in [1.82, 2.24) is 4.57 Å². The SMILES string of the molecule is COc1ccc2c(ccn2C(=O)Cc2c3[n+](cc4c(OC)c(OC)ccc24)CCc2cc4c(cc2-3)OCO4)c1.[I-]. The maximum Gasteiger partial charge on any atom is 0.235 e. The van der Waals surface area contributed by atoms with Crippen molar-refractivity contribution in [2.24, 2.45) is 0 Å². The number of rotatable bonds is 5. The van der Waals surface area contributed by atoms with Crippen molar-refractivity contribution in [3.8, 4) is 40.0 Å². The molecule has 7 rings (SSSR count). The van der Waals surface area contributed by atoms with Crippen molar-refractivity contribution in [3.63, 3.8) is 0 Å². The second kappa shape index (κ2) is 10.2. The van der Waals surface area contributed by atoms with Crippen LogP contribution in [0.1, 0.15) is 15.9 Å². The third kappa shape index (κ3) is 4.02. The van der Waals surface area contributed by atoms with E-state index in [0.29, 0.717) is 11.5 Å². The van der Waals surface area contributed by atoms with Gasteiger partial charge in [0, 0.05) is 29.0 Å². The van der Waals surface area contributed by atoms with Gasteiger partial charge < -0.3 is 47.7 Å². The molecule has 0 aliphatic carbocycles. The second-order valence-corrected chi connectivity index (χ2v) is 9.71. The lowest BCUT2D eigenvalue weighted by atomic mass is 9.89. The van der Waals surface area contributed by atoms with E-state index in [9.17, 15) is 4.79 Å². The first-order chi connectivity index (χ1) is 19.1. The molecule has 2 aromatic heterocycles. The summed E-state index contributed by atoms with van der Waals surface area (Å²) in [5.41, 5.74) is 4.98. The number of nitrogens with zero attached hydrogens (tertiary/aromatic N) is 2. The molecule has 8 nitrogen and oxygen atoms in total. The van der Waals surface area contributed by atoms with Crippen molar-refractivity contribution in [2.75, 3.05) is 28.1 Å². The van der Waals surface area contributed by atoms with Crippen LogP contribution in [0.3, 0.4) is 0 Å². The van der Waals surface area contributed by atoms with E-state index in [1.165, 1.54) is 5.56 Å². The minimum absolute atomic E-state index is 0. The Balaban J connectivity index is 0.00000289. The van der Waals surface area contributed by atoms with Gasteiger partial charge in [-0.3, -0.25) is 9.36 Å². The van der Waals surface area contributed by atoms with E-state index >= 15 is 0 Å². The molecule has 40 heavy (non-hydrogen) atoms. The van der Waals surface area contributed by atoms with Gasteiger partial charge in [0.15, 0.2) is 35.7 Å². The summed E-state index contributed by atoms with van der Waals surface area (Å²) in [6.07, 6.45) is 4.95. The number of carbonyl (C=O) groups is 1. The molecule has 0 saturated carbocycles. The molecule has 9 heteroatoms. The maximum absolute atomic E-state index is 14.0. The fraction of sp³-hybridized carbons (Fsp3) is 0.226. The lowest BCUT2D eigenvalue weighted by Crippen LogP contribution is -3.00. The van der Waals surface area contributed by atoms with Crippen molar-refractivity contribution in [2.45, 2.75) is 19.4 Å². The normalized spacial score (nSPS) is 13.0. The molecule has 5 aromatic rings. The number of aromatic nitrogens is 2. The number of hydrogen-bond acceptors (Lipinski definition) is 6. The number of benzene rings is 3. The topological polar surface area (TPSA) is 72.0 Å². The summed E-state index contributed by atoms with van der Waals surface area (Å²) in [7, 11) is 4.91. The summed E-state index contributed by atoms with van der Waals surface area (Å²) < 4.78 is 32.1. The highest BCUT2D eigenvalue weighted by Gasteiger charge is 2.33. The number of aryl methyl sites for hydroxylation is 2. The largest absolute Gasteiger partial charge is 1.00 e. The zero-order valence-corrected chi connectivity index (χ0v) is 24.5. The molecule has 3 aromatic carbocycles. The van der Waals surface area contributed by atoms with Gasteiger partial charge in [0.25, 0.3) is 0 Å². The van der Waals surface area contributed by atoms with Gasteiger partial charge in [0.05, 0.1) is 44.2 Å². The molecule has 0 N–H and O–H groups in total. The molecule has 2 aliphatic rings. The molecular formula is C31H27IN2O6. The number of fused-ring (bicyclic) bond motifs is 6. The van der Waals surface area contributed by atoms with Crippen LogP contribution in [0, 0.1) is 0 Å². The lowest BCUT2D eigenvalue weighted by molar-refractivity contribution is -0.686. The van der Waals surface area contributed by atoms with E-state index in [-0.39, 0.29) is 43.1 Å². The van der Waals surface area contributed by atoms with Gasteiger partial charge >= 0.3 is 0 Å². The minimum Gasteiger partial charge on any atom is -1.00 e. The Kier molecular flexibility index (Phi) is 6.69. The molecule has 0 spiro atoms. The van der Waals surface area contributed by atoms with E-state index in [4.69, 9.17) is 23.7 Å². The summed E-state index contributed by atoms with van der Waals surface area (Å²) >= 11 is 0. The van der Waals surface area contributed by atoms with Gasteiger partial charge in [-0.15, -0.1) is 0 Å². The number of methoxy groups -OCH3 is 3. The molecule has 0 amide bonds. The van der Waals surface area contributed by atoms with E-state index in [1.54, 1.807) is 25.9 Å². The van der Waals surface area contributed by atoms with Crippen LogP contribution in [0.25, 0.3) is 32.9 Å². The molecular weight excluding hydrogens is 623 g/mol. The summed E-state index contributed by atoms with van der Waals surface area (Å²) in [5, 5.41) is 2.78. The smallest absolute Gasteiger partial charge is 0.235 e. The molecule has 2 aliphatic heterocycles. The summed E-state index contributed by atoms with van der Waals surface area (Å²) in [6.45, 7) is 0.968. The first kappa shape index (κ1) is 26.2. The predicted molar refractivity (Wildman–Crippen MR) is 145 cm³/mol. The Bertz CT molecular complexity index is 1810. The second-order valence-electron chi connectivity index (χ2n) is 9.71. The number of halogens is 1. The number of carbonyl (C=O) groups excluding carboxylic acids is 1. The predicted octanol–water partition coefficient (Wildman–Crippen LogP) is 1.95. The Morgan fingerprint density at radius 2 is 1.77 bits per heavy atom. The van der Waals surface area contributed by atoms with Crippen molar-refractivity contribution in [1.29, 1.82) is 0 Å². The van der Waals surface area contributed by atoms with Crippen LogP contribution in [-0.4, -0.2) is 38.6 Å². The molecule has 0 radical (unpaired) electrons. The van der Waals surface area contributed by atoms with Crippen molar-refractivity contribution < 1.29 is 57.0 Å². The van der Waals surface area contributed by atoms with Gasteiger partial charge in [-0.2, -0.15) is 4.57 Å². The quantitative estimate of drug-likeness (QED) is 0.214. The minimum atomic E-state index is -0.0341. The molecule has 0 saturated heterocycles. The number of pyridine rings is 1. The fourth-order valence-corrected chi connectivity index (χ4v) is 5.89. The lowest BCUT2D eigenvalue weighted by Gasteiger charge is -2.21. The third-order valence-electron chi connectivity index (χ3n) is 7.74. The van der Waals surface area contributed by atoms with E-state index in [1.807, 2.05) is 48.7 Å². The molecule has 4 heterocycles. The molecule has 0 fully saturated rings.